The SMILES string of the molecule is CC(N)C(=O)NC(CCC(=O)O)C(=O)NCC(=O)NC(C(=O)O)C(C)C. The van der Waals surface area contributed by atoms with Crippen LogP contribution >= 0.6 is 0 Å². The van der Waals surface area contributed by atoms with E-state index in [4.69, 9.17) is 15.9 Å². The maximum absolute atomic E-state index is 12.1. The molecule has 11 heteroatoms. The predicted molar refractivity (Wildman–Crippen MR) is 89.9 cm³/mol. The van der Waals surface area contributed by atoms with Gasteiger partial charge in [0.1, 0.15) is 12.1 Å². The number of hydrogen-bond acceptors (Lipinski definition) is 6. The van der Waals surface area contributed by atoms with Crippen LogP contribution in [0.25, 0.3) is 0 Å². The van der Waals surface area contributed by atoms with Crippen molar-refractivity contribution >= 4 is 29.7 Å². The Balaban J connectivity index is 4.76. The van der Waals surface area contributed by atoms with E-state index in [1.165, 1.54) is 6.92 Å². The molecule has 0 aromatic carbocycles. The van der Waals surface area contributed by atoms with Gasteiger partial charge in [0.25, 0.3) is 0 Å². The number of rotatable bonds is 11. The Morgan fingerprint density at radius 2 is 1.54 bits per heavy atom. The zero-order valence-electron chi connectivity index (χ0n) is 14.9. The largest absolute Gasteiger partial charge is 0.481 e. The van der Waals surface area contributed by atoms with Gasteiger partial charge in [0.15, 0.2) is 0 Å². The van der Waals surface area contributed by atoms with E-state index >= 15 is 0 Å². The number of nitrogens with one attached hydrogen (secondary N) is 3. The van der Waals surface area contributed by atoms with Crippen molar-refractivity contribution in [1.82, 2.24) is 16.0 Å². The van der Waals surface area contributed by atoms with Crippen LogP contribution in [0.5, 0.6) is 0 Å². The number of aliphatic carboxylic acids is 2. The van der Waals surface area contributed by atoms with E-state index < -0.39 is 54.3 Å². The monoisotopic (exact) mass is 374 g/mol. The van der Waals surface area contributed by atoms with Crippen LogP contribution in [0.1, 0.15) is 33.6 Å². The summed E-state index contributed by atoms with van der Waals surface area (Å²) in [5.41, 5.74) is 5.39. The fourth-order valence-corrected chi connectivity index (χ4v) is 1.87. The standard InChI is InChI=1S/C15H26N4O7/c1-7(2)12(15(25)26)19-10(20)6-17-14(24)9(4-5-11(21)22)18-13(23)8(3)16/h7-9,12H,4-6,16H2,1-3H3,(H,17,24)(H,18,23)(H,19,20)(H,21,22)(H,25,26). The van der Waals surface area contributed by atoms with Crippen LogP contribution in [0.2, 0.25) is 0 Å². The molecule has 11 nitrogen and oxygen atoms in total. The lowest BCUT2D eigenvalue weighted by molar-refractivity contribution is -0.143. The summed E-state index contributed by atoms with van der Waals surface area (Å²) in [6, 6.07) is -3.20. The molecule has 0 saturated heterocycles. The first-order valence-electron chi connectivity index (χ1n) is 8.03. The molecule has 3 amide bonds. The first kappa shape index (κ1) is 23.3. The Labute approximate surface area is 150 Å². The molecule has 0 aliphatic rings. The molecule has 0 heterocycles. The van der Waals surface area contributed by atoms with Crippen LogP contribution in [0.4, 0.5) is 0 Å². The molecular formula is C15H26N4O7. The van der Waals surface area contributed by atoms with E-state index in [2.05, 4.69) is 16.0 Å². The summed E-state index contributed by atoms with van der Waals surface area (Å²) in [6.07, 6.45) is -0.567. The number of hydrogen-bond donors (Lipinski definition) is 6. The summed E-state index contributed by atoms with van der Waals surface area (Å²) in [4.78, 5) is 57.3. The molecule has 3 unspecified atom stereocenters. The average Bonchev–Trinajstić information content (AvgIpc) is 2.52. The maximum atomic E-state index is 12.1. The molecule has 3 atom stereocenters. The van der Waals surface area contributed by atoms with Gasteiger partial charge in [-0.15, -0.1) is 0 Å². The van der Waals surface area contributed by atoms with Gasteiger partial charge >= 0.3 is 11.9 Å². The van der Waals surface area contributed by atoms with Crippen LogP contribution in [0.3, 0.4) is 0 Å². The molecule has 0 aromatic rings. The van der Waals surface area contributed by atoms with Crippen LogP contribution in [-0.2, 0) is 24.0 Å². The number of carbonyl (C=O) groups is 5. The minimum Gasteiger partial charge on any atom is -0.481 e. The Hall–Kier alpha value is -2.69. The molecular weight excluding hydrogens is 348 g/mol. The van der Waals surface area contributed by atoms with Crippen molar-refractivity contribution in [3.63, 3.8) is 0 Å². The Morgan fingerprint density at radius 1 is 0.962 bits per heavy atom. The highest BCUT2D eigenvalue weighted by Gasteiger charge is 2.26. The molecule has 0 aliphatic carbocycles. The van der Waals surface area contributed by atoms with Gasteiger partial charge in [0, 0.05) is 6.42 Å². The van der Waals surface area contributed by atoms with Crippen molar-refractivity contribution in [2.24, 2.45) is 11.7 Å². The van der Waals surface area contributed by atoms with Gasteiger partial charge in [0.2, 0.25) is 17.7 Å². The topological polar surface area (TPSA) is 188 Å². The van der Waals surface area contributed by atoms with Crippen molar-refractivity contribution in [1.29, 1.82) is 0 Å². The molecule has 0 radical (unpaired) electrons. The summed E-state index contributed by atoms with van der Waals surface area (Å²) in [6.45, 7) is 4.10. The summed E-state index contributed by atoms with van der Waals surface area (Å²) in [7, 11) is 0. The number of amides is 3. The fraction of sp³-hybridized carbons (Fsp3) is 0.667. The van der Waals surface area contributed by atoms with Crippen LogP contribution in [-0.4, -0.2) is 64.5 Å². The number of carbonyl (C=O) groups excluding carboxylic acids is 3. The maximum Gasteiger partial charge on any atom is 0.326 e. The van der Waals surface area contributed by atoms with Crippen LogP contribution in [0.15, 0.2) is 0 Å². The summed E-state index contributed by atoms with van der Waals surface area (Å²) >= 11 is 0. The van der Waals surface area contributed by atoms with Gasteiger partial charge in [-0.05, 0) is 19.3 Å². The normalized spacial score (nSPS) is 14.0. The minimum absolute atomic E-state index is 0.189. The van der Waals surface area contributed by atoms with E-state index in [0.29, 0.717) is 0 Å². The lowest BCUT2D eigenvalue weighted by atomic mass is 10.0. The second kappa shape index (κ2) is 11.0. The first-order chi connectivity index (χ1) is 12.0. The molecule has 148 valence electrons. The molecule has 0 spiro atoms. The Bertz CT molecular complexity index is 548. The lowest BCUT2D eigenvalue weighted by Gasteiger charge is -2.20. The van der Waals surface area contributed by atoms with E-state index in [-0.39, 0.29) is 18.8 Å². The Morgan fingerprint density at radius 3 is 1.96 bits per heavy atom. The molecule has 0 fully saturated rings. The van der Waals surface area contributed by atoms with Crippen LogP contribution < -0.4 is 21.7 Å². The summed E-state index contributed by atoms with van der Waals surface area (Å²) in [5.74, 6) is -4.87. The highest BCUT2D eigenvalue weighted by Crippen LogP contribution is 2.02. The van der Waals surface area contributed by atoms with E-state index in [1.54, 1.807) is 13.8 Å². The van der Waals surface area contributed by atoms with Crippen molar-refractivity contribution in [3.8, 4) is 0 Å². The van der Waals surface area contributed by atoms with Gasteiger partial charge in [-0.25, -0.2) is 4.79 Å². The molecule has 0 aliphatic heterocycles. The van der Waals surface area contributed by atoms with E-state index in [0.717, 1.165) is 0 Å². The fourth-order valence-electron chi connectivity index (χ4n) is 1.87. The van der Waals surface area contributed by atoms with Gasteiger partial charge in [0.05, 0.1) is 12.6 Å². The molecule has 0 bridgehead atoms. The number of nitrogens with two attached hydrogens (primary N) is 1. The Kier molecular flexibility index (Phi) is 9.89. The zero-order chi connectivity index (χ0) is 20.4. The number of carboxylic acid groups (broad SMARTS) is 2. The highest BCUT2D eigenvalue weighted by atomic mass is 16.4. The van der Waals surface area contributed by atoms with Gasteiger partial charge in [-0.3, -0.25) is 19.2 Å². The third-order valence-electron chi connectivity index (χ3n) is 3.37. The van der Waals surface area contributed by atoms with E-state index in [1.807, 2.05) is 0 Å². The molecule has 7 N–H and O–H groups in total. The summed E-state index contributed by atoms with van der Waals surface area (Å²) < 4.78 is 0. The third kappa shape index (κ3) is 8.97. The molecule has 26 heavy (non-hydrogen) atoms. The number of carboxylic acids is 2. The highest BCUT2D eigenvalue weighted by molar-refractivity contribution is 5.92. The second-order valence-corrected chi connectivity index (χ2v) is 6.13. The van der Waals surface area contributed by atoms with Gasteiger partial charge < -0.3 is 31.9 Å². The quantitative estimate of drug-likeness (QED) is 0.240. The summed E-state index contributed by atoms with van der Waals surface area (Å²) in [5, 5.41) is 24.5. The molecule has 0 rings (SSSR count). The van der Waals surface area contributed by atoms with Crippen molar-refractivity contribution in [2.75, 3.05) is 6.54 Å². The smallest absolute Gasteiger partial charge is 0.326 e. The van der Waals surface area contributed by atoms with Gasteiger partial charge in [-0.2, -0.15) is 0 Å². The van der Waals surface area contributed by atoms with Crippen molar-refractivity contribution < 1.29 is 34.2 Å². The first-order valence-corrected chi connectivity index (χ1v) is 8.03. The van der Waals surface area contributed by atoms with Crippen molar-refractivity contribution in [3.05, 3.63) is 0 Å². The average molecular weight is 374 g/mol. The van der Waals surface area contributed by atoms with Gasteiger partial charge in [-0.1, -0.05) is 13.8 Å². The zero-order valence-corrected chi connectivity index (χ0v) is 14.9. The minimum atomic E-state index is -1.21. The molecule has 0 aromatic heterocycles. The lowest BCUT2D eigenvalue weighted by Crippen LogP contribution is -2.53. The van der Waals surface area contributed by atoms with Crippen molar-refractivity contribution in [2.45, 2.75) is 51.7 Å². The van der Waals surface area contributed by atoms with E-state index in [9.17, 15) is 24.0 Å². The predicted octanol–water partition coefficient (Wildman–Crippen LogP) is -1.98. The molecule has 0 saturated carbocycles. The second-order valence-electron chi connectivity index (χ2n) is 6.13. The van der Waals surface area contributed by atoms with Crippen LogP contribution in [0, 0.1) is 5.92 Å². The third-order valence-corrected chi connectivity index (χ3v) is 3.37.